The molecule has 1 aliphatic rings. The van der Waals surface area contributed by atoms with Crippen molar-refractivity contribution in [2.45, 2.75) is 56.0 Å². The van der Waals surface area contributed by atoms with Crippen LogP contribution < -0.4 is 11.2 Å². The Hall–Kier alpha value is -2.17. The molecule has 3 rings (SSSR count). The monoisotopic (exact) mass is 407 g/mol. The molecule has 2 aromatic rings. The number of aromatic nitrogens is 5. The first kappa shape index (κ1) is 20.6. The van der Waals surface area contributed by atoms with Crippen molar-refractivity contribution in [2.24, 2.45) is 0 Å². The maximum Gasteiger partial charge on any atom is 0.332 e. The Morgan fingerprint density at radius 1 is 1.39 bits per heavy atom. The second-order valence-corrected chi connectivity index (χ2v) is 8.33. The summed E-state index contributed by atoms with van der Waals surface area (Å²) in [5.41, 5.74) is 0.132. The average molecular weight is 407 g/mol. The maximum atomic E-state index is 13.0. The van der Waals surface area contributed by atoms with Gasteiger partial charge in [0.05, 0.1) is 36.1 Å². The van der Waals surface area contributed by atoms with E-state index in [0.29, 0.717) is 24.2 Å². The molecule has 9 nitrogen and oxygen atoms in total. The molecule has 152 valence electrons. The van der Waals surface area contributed by atoms with Crippen molar-refractivity contribution < 1.29 is 10.2 Å². The number of allylic oxidation sites excluding steroid dienone is 1. The van der Waals surface area contributed by atoms with E-state index in [1.807, 2.05) is 6.08 Å². The maximum absolute atomic E-state index is 13.0. The molecule has 0 radical (unpaired) electrons. The Morgan fingerprint density at radius 3 is 2.86 bits per heavy atom. The third-order valence-electron chi connectivity index (χ3n) is 4.76. The summed E-state index contributed by atoms with van der Waals surface area (Å²) in [6.07, 6.45) is 6.50. The van der Waals surface area contributed by atoms with Crippen molar-refractivity contribution in [2.75, 3.05) is 6.61 Å². The normalized spacial score (nSPS) is 21.9. The zero-order chi connectivity index (χ0) is 20.3. The van der Waals surface area contributed by atoms with Crippen molar-refractivity contribution in [3.8, 4) is 0 Å². The molecule has 10 heteroatoms. The summed E-state index contributed by atoms with van der Waals surface area (Å²) >= 11 is 1.34. The van der Waals surface area contributed by atoms with Gasteiger partial charge in [-0.15, -0.1) is 23.4 Å². The smallest absolute Gasteiger partial charge is 0.332 e. The summed E-state index contributed by atoms with van der Waals surface area (Å²) in [6.45, 7) is 5.89. The highest BCUT2D eigenvalue weighted by molar-refractivity contribution is 8.00. The summed E-state index contributed by atoms with van der Waals surface area (Å²) in [7, 11) is 0. The van der Waals surface area contributed by atoms with Crippen LogP contribution in [0.3, 0.4) is 0 Å². The van der Waals surface area contributed by atoms with E-state index in [4.69, 9.17) is 0 Å². The van der Waals surface area contributed by atoms with Crippen molar-refractivity contribution in [1.82, 2.24) is 24.1 Å². The minimum Gasteiger partial charge on any atom is -0.395 e. The number of rotatable bonds is 8. The first-order valence-electron chi connectivity index (χ1n) is 9.21. The predicted octanol–water partition coefficient (Wildman–Crippen LogP) is 0.282. The zero-order valence-electron chi connectivity index (χ0n) is 15.8. The summed E-state index contributed by atoms with van der Waals surface area (Å²) in [4.78, 5) is 25.5. The molecule has 0 spiro atoms. The standard InChI is InChI=1S/C18H25N5O4S/c1-3-4-5-6-21-9-13(19-20-21)10-23-17(26)12(2)8-22(18(23)27)16-7-14(25)15(11-24)28-16/h3,8-9,14-16,24-25H,1,4-7,10-11H2,2H3/t14?,15-,16?/m1/s1. The van der Waals surface area contributed by atoms with Crippen LogP contribution >= 0.6 is 11.8 Å². The highest BCUT2D eigenvalue weighted by atomic mass is 32.2. The Kier molecular flexibility index (Phi) is 6.53. The molecule has 0 bridgehead atoms. The molecule has 0 aliphatic carbocycles. The van der Waals surface area contributed by atoms with Crippen LogP contribution in [0.4, 0.5) is 0 Å². The number of nitrogens with zero attached hydrogens (tertiary/aromatic N) is 5. The average Bonchev–Trinajstić information content (AvgIpc) is 3.28. The number of aliphatic hydroxyl groups excluding tert-OH is 2. The van der Waals surface area contributed by atoms with Gasteiger partial charge < -0.3 is 10.2 Å². The molecule has 3 atom stereocenters. The summed E-state index contributed by atoms with van der Waals surface area (Å²) in [5.74, 6) is 0. The largest absolute Gasteiger partial charge is 0.395 e. The van der Waals surface area contributed by atoms with E-state index in [2.05, 4.69) is 16.9 Å². The first-order valence-corrected chi connectivity index (χ1v) is 10.2. The SMILES string of the molecule is C=CCCCn1cc(Cn2c(=O)c(C)cn(C3CC(O)[C@@H](CO)S3)c2=O)nn1. The lowest BCUT2D eigenvalue weighted by Crippen LogP contribution is -2.41. The number of aliphatic hydroxyl groups is 2. The Bertz CT molecular complexity index is 950. The number of hydrogen-bond donors (Lipinski definition) is 2. The van der Waals surface area contributed by atoms with Crippen molar-refractivity contribution >= 4 is 11.8 Å². The fourth-order valence-electron chi connectivity index (χ4n) is 3.23. The van der Waals surface area contributed by atoms with Gasteiger partial charge in [0.1, 0.15) is 5.69 Å². The fourth-order valence-corrected chi connectivity index (χ4v) is 4.61. The molecule has 2 aromatic heterocycles. The lowest BCUT2D eigenvalue weighted by molar-refractivity contribution is 0.137. The molecule has 3 heterocycles. The van der Waals surface area contributed by atoms with Gasteiger partial charge in [-0.1, -0.05) is 11.3 Å². The predicted molar refractivity (Wildman–Crippen MR) is 106 cm³/mol. The molecule has 1 fully saturated rings. The number of hydrogen-bond acceptors (Lipinski definition) is 7. The molecule has 28 heavy (non-hydrogen) atoms. The van der Waals surface area contributed by atoms with E-state index in [-0.39, 0.29) is 29.3 Å². The highest BCUT2D eigenvalue weighted by Crippen LogP contribution is 2.40. The van der Waals surface area contributed by atoms with E-state index >= 15 is 0 Å². The van der Waals surface area contributed by atoms with E-state index in [0.717, 1.165) is 17.4 Å². The summed E-state index contributed by atoms with van der Waals surface area (Å²) in [6, 6.07) is 0. The van der Waals surface area contributed by atoms with Crippen LogP contribution in [-0.2, 0) is 13.1 Å². The van der Waals surface area contributed by atoms with Crippen LogP contribution in [0.15, 0.2) is 34.6 Å². The lowest BCUT2D eigenvalue weighted by atomic mass is 10.2. The Morgan fingerprint density at radius 2 is 2.18 bits per heavy atom. The second kappa shape index (κ2) is 8.89. The van der Waals surface area contributed by atoms with Gasteiger partial charge in [-0.3, -0.25) is 18.6 Å². The van der Waals surface area contributed by atoms with Gasteiger partial charge in [0, 0.05) is 24.7 Å². The number of unbranched alkanes of at least 4 members (excludes halogenated alkanes) is 1. The van der Waals surface area contributed by atoms with Crippen LogP contribution in [0, 0.1) is 6.92 Å². The van der Waals surface area contributed by atoms with Crippen LogP contribution in [-0.4, -0.2) is 52.3 Å². The van der Waals surface area contributed by atoms with Gasteiger partial charge in [-0.2, -0.15) is 0 Å². The fraction of sp³-hybridized carbons (Fsp3) is 0.556. The van der Waals surface area contributed by atoms with Gasteiger partial charge in [0.2, 0.25) is 0 Å². The molecule has 0 aromatic carbocycles. The molecule has 1 saturated heterocycles. The summed E-state index contributed by atoms with van der Waals surface area (Å²) < 4.78 is 4.30. The van der Waals surface area contributed by atoms with Gasteiger partial charge >= 0.3 is 5.69 Å². The van der Waals surface area contributed by atoms with Crippen LogP contribution in [0.2, 0.25) is 0 Å². The molecule has 0 saturated carbocycles. The lowest BCUT2D eigenvalue weighted by Gasteiger charge is -2.16. The minimum absolute atomic E-state index is 0.0319. The highest BCUT2D eigenvalue weighted by Gasteiger charge is 2.35. The molecule has 0 amide bonds. The Labute approximate surface area is 166 Å². The first-order chi connectivity index (χ1) is 13.4. The van der Waals surface area contributed by atoms with Gasteiger partial charge in [-0.05, 0) is 19.8 Å². The van der Waals surface area contributed by atoms with Crippen LogP contribution in [0.25, 0.3) is 0 Å². The van der Waals surface area contributed by atoms with Crippen LogP contribution in [0.1, 0.15) is 35.9 Å². The Balaban J connectivity index is 1.86. The molecule has 1 aliphatic heterocycles. The quantitative estimate of drug-likeness (QED) is 0.477. The topological polar surface area (TPSA) is 115 Å². The molecular formula is C18H25N5O4S. The van der Waals surface area contributed by atoms with Crippen molar-refractivity contribution in [1.29, 1.82) is 0 Å². The van der Waals surface area contributed by atoms with Crippen molar-refractivity contribution in [3.05, 3.63) is 57.1 Å². The zero-order valence-corrected chi connectivity index (χ0v) is 16.6. The van der Waals surface area contributed by atoms with Gasteiger partial charge in [0.25, 0.3) is 5.56 Å². The molecule has 2 N–H and O–H groups in total. The third-order valence-corrected chi connectivity index (χ3v) is 6.31. The van der Waals surface area contributed by atoms with Gasteiger partial charge in [-0.25, -0.2) is 4.79 Å². The second-order valence-electron chi connectivity index (χ2n) is 6.91. The summed E-state index contributed by atoms with van der Waals surface area (Å²) in [5, 5.41) is 26.8. The van der Waals surface area contributed by atoms with Gasteiger partial charge in [0.15, 0.2) is 0 Å². The van der Waals surface area contributed by atoms with E-state index in [9.17, 15) is 19.8 Å². The molecule has 2 unspecified atom stereocenters. The van der Waals surface area contributed by atoms with E-state index in [1.165, 1.54) is 22.5 Å². The van der Waals surface area contributed by atoms with E-state index < -0.39 is 11.8 Å². The van der Waals surface area contributed by atoms with E-state index in [1.54, 1.807) is 17.8 Å². The molecular weight excluding hydrogens is 382 g/mol. The minimum atomic E-state index is -0.692. The number of aryl methyl sites for hydroxylation is 2. The third kappa shape index (κ3) is 4.29. The van der Waals surface area contributed by atoms with Crippen LogP contribution in [0.5, 0.6) is 0 Å². The number of thioether (sulfide) groups is 1. The van der Waals surface area contributed by atoms with Crippen molar-refractivity contribution in [3.63, 3.8) is 0 Å².